The molecule has 3 N–H and O–H groups in total. The van der Waals surface area contributed by atoms with Crippen molar-refractivity contribution >= 4 is 17.8 Å². The number of carbonyl (C=O) groups excluding carboxylic acids is 2. The summed E-state index contributed by atoms with van der Waals surface area (Å²) >= 11 is 0. The van der Waals surface area contributed by atoms with E-state index in [-0.39, 0.29) is 31.1 Å². The predicted molar refractivity (Wildman–Crippen MR) is 71.6 cm³/mol. The number of carbonyl (C=O) groups is 3. The van der Waals surface area contributed by atoms with Crippen molar-refractivity contribution in [3.8, 4) is 0 Å². The van der Waals surface area contributed by atoms with Crippen LogP contribution in [0.15, 0.2) is 0 Å². The average molecular weight is 272 g/mol. The van der Waals surface area contributed by atoms with Crippen molar-refractivity contribution in [1.29, 1.82) is 0 Å². The van der Waals surface area contributed by atoms with E-state index >= 15 is 0 Å². The lowest BCUT2D eigenvalue weighted by Gasteiger charge is -2.25. The van der Waals surface area contributed by atoms with E-state index < -0.39 is 11.5 Å². The van der Waals surface area contributed by atoms with Gasteiger partial charge in [0.1, 0.15) is 0 Å². The molecule has 0 aliphatic rings. The van der Waals surface area contributed by atoms with Gasteiger partial charge in [-0.25, -0.2) is 0 Å². The molecule has 2 amide bonds. The summed E-state index contributed by atoms with van der Waals surface area (Å²) in [6.45, 7) is 6.11. The fraction of sp³-hybridized carbons (Fsp3) is 0.769. The molecule has 110 valence electrons. The summed E-state index contributed by atoms with van der Waals surface area (Å²) in [7, 11) is 0. The number of hydrogen-bond acceptors (Lipinski definition) is 3. The van der Waals surface area contributed by atoms with Crippen molar-refractivity contribution in [3.05, 3.63) is 0 Å². The number of hydrogen-bond donors (Lipinski definition) is 3. The number of rotatable bonds is 9. The van der Waals surface area contributed by atoms with Gasteiger partial charge in [-0.1, -0.05) is 6.92 Å². The van der Waals surface area contributed by atoms with Crippen LogP contribution in [0.1, 0.15) is 52.9 Å². The third-order valence-corrected chi connectivity index (χ3v) is 2.59. The van der Waals surface area contributed by atoms with Crippen LogP contribution in [0.25, 0.3) is 0 Å². The normalized spacial score (nSPS) is 10.9. The number of aliphatic carboxylic acids is 1. The van der Waals surface area contributed by atoms with Crippen LogP contribution in [0, 0.1) is 0 Å². The Kier molecular flexibility index (Phi) is 7.79. The zero-order chi connectivity index (χ0) is 14.9. The van der Waals surface area contributed by atoms with Gasteiger partial charge in [0.05, 0.1) is 0 Å². The molecule has 0 aliphatic carbocycles. The molecular weight excluding hydrogens is 248 g/mol. The molecule has 6 nitrogen and oxygen atoms in total. The highest BCUT2D eigenvalue weighted by Gasteiger charge is 2.21. The van der Waals surface area contributed by atoms with Gasteiger partial charge in [0.2, 0.25) is 11.8 Å². The van der Waals surface area contributed by atoms with Crippen LogP contribution in [-0.2, 0) is 14.4 Å². The molecule has 0 radical (unpaired) electrons. The van der Waals surface area contributed by atoms with E-state index in [9.17, 15) is 14.4 Å². The molecule has 0 saturated heterocycles. The van der Waals surface area contributed by atoms with Crippen LogP contribution in [0.4, 0.5) is 0 Å². The Bertz CT molecular complexity index is 327. The minimum atomic E-state index is -0.888. The van der Waals surface area contributed by atoms with Crippen LogP contribution < -0.4 is 10.6 Å². The van der Waals surface area contributed by atoms with E-state index in [1.165, 1.54) is 0 Å². The molecular formula is C13H24N2O4. The summed E-state index contributed by atoms with van der Waals surface area (Å²) in [5.74, 6) is -1.26. The fourth-order valence-electron chi connectivity index (χ4n) is 1.50. The molecule has 0 aliphatic heterocycles. The lowest BCUT2D eigenvalue weighted by molar-refractivity contribution is -0.137. The molecule has 19 heavy (non-hydrogen) atoms. The number of nitrogens with one attached hydrogen (secondary N) is 2. The Balaban J connectivity index is 3.95. The van der Waals surface area contributed by atoms with Crippen LogP contribution in [0.5, 0.6) is 0 Å². The van der Waals surface area contributed by atoms with Crippen molar-refractivity contribution < 1.29 is 19.5 Å². The van der Waals surface area contributed by atoms with Gasteiger partial charge in [0, 0.05) is 31.3 Å². The van der Waals surface area contributed by atoms with Crippen molar-refractivity contribution in [2.45, 2.75) is 58.4 Å². The number of amides is 2. The second kappa shape index (κ2) is 8.50. The Morgan fingerprint density at radius 3 is 2.16 bits per heavy atom. The molecule has 0 aromatic rings. The predicted octanol–water partition coefficient (Wildman–Crippen LogP) is 1.05. The average Bonchev–Trinajstić information content (AvgIpc) is 2.31. The van der Waals surface area contributed by atoms with Gasteiger partial charge in [-0.3, -0.25) is 14.4 Å². The van der Waals surface area contributed by atoms with Gasteiger partial charge < -0.3 is 15.7 Å². The van der Waals surface area contributed by atoms with E-state index in [0.29, 0.717) is 13.0 Å². The smallest absolute Gasteiger partial charge is 0.303 e. The molecule has 0 aromatic heterocycles. The topological polar surface area (TPSA) is 95.5 Å². The van der Waals surface area contributed by atoms with Gasteiger partial charge in [-0.05, 0) is 26.7 Å². The first-order valence-corrected chi connectivity index (χ1v) is 6.56. The Hall–Kier alpha value is -1.59. The van der Waals surface area contributed by atoms with Gasteiger partial charge in [-0.15, -0.1) is 0 Å². The molecule has 0 fully saturated rings. The van der Waals surface area contributed by atoms with Gasteiger partial charge >= 0.3 is 5.97 Å². The molecule has 0 spiro atoms. The van der Waals surface area contributed by atoms with Crippen molar-refractivity contribution in [1.82, 2.24) is 10.6 Å². The Morgan fingerprint density at radius 1 is 1.05 bits per heavy atom. The molecule has 0 atom stereocenters. The first kappa shape index (κ1) is 17.4. The minimum absolute atomic E-state index is 0.00423. The van der Waals surface area contributed by atoms with E-state index in [1.807, 2.05) is 6.92 Å². The Labute approximate surface area is 113 Å². The lowest BCUT2D eigenvalue weighted by Crippen LogP contribution is -2.44. The fourth-order valence-corrected chi connectivity index (χ4v) is 1.50. The highest BCUT2D eigenvalue weighted by molar-refractivity contribution is 5.84. The summed E-state index contributed by atoms with van der Waals surface area (Å²) < 4.78 is 0. The number of carboxylic acid groups (broad SMARTS) is 1. The SMILES string of the molecule is CCCNC(=O)CCC(=O)NC(C)(C)CCC(=O)O. The molecule has 6 heteroatoms. The molecule has 0 aromatic carbocycles. The van der Waals surface area contributed by atoms with Crippen LogP contribution in [0.3, 0.4) is 0 Å². The summed E-state index contributed by atoms with van der Waals surface area (Å²) in [5, 5.41) is 14.0. The number of carboxylic acids is 1. The van der Waals surface area contributed by atoms with Crippen molar-refractivity contribution in [2.75, 3.05) is 6.54 Å². The van der Waals surface area contributed by atoms with Crippen LogP contribution >= 0.6 is 0 Å². The van der Waals surface area contributed by atoms with Crippen LogP contribution in [-0.4, -0.2) is 35.0 Å². The summed E-state index contributed by atoms with van der Waals surface area (Å²) in [5.41, 5.74) is -0.574. The van der Waals surface area contributed by atoms with E-state index in [4.69, 9.17) is 5.11 Å². The first-order valence-electron chi connectivity index (χ1n) is 6.56. The zero-order valence-electron chi connectivity index (χ0n) is 11.9. The van der Waals surface area contributed by atoms with Crippen molar-refractivity contribution in [2.24, 2.45) is 0 Å². The maximum atomic E-state index is 11.6. The maximum absolute atomic E-state index is 11.6. The van der Waals surface area contributed by atoms with E-state index in [0.717, 1.165) is 6.42 Å². The molecule has 0 bridgehead atoms. The van der Waals surface area contributed by atoms with Gasteiger partial charge in [0.15, 0.2) is 0 Å². The minimum Gasteiger partial charge on any atom is -0.481 e. The molecule has 0 saturated carbocycles. The third kappa shape index (κ3) is 10.1. The first-order chi connectivity index (χ1) is 8.76. The van der Waals surface area contributed by atoms with Gasteiger partial charge in [0.25, 0.3) is 0 Å². The second-order valence-corrected chi connectivity index (χ2v) is 5.18. The van der Waals surface area contributed by atoms with E-state index in [1.54, 1.807) is 13.8 Å². The third-order valence-electron chi connectivity index (χ3n) is 2.59. The monoisotopic (exact) mass is 272 g/mol. The summed E-state index contributed by atoms with van der Waals surface area (Å²) in [4.78, 5) is 33.4. The molecule has 0 unspecified atom stereocenters. The largest absolute Gasteiger partial charge is 0.481 e. The van der Waals surface area contributed by atoms with Crippen molar-refractivity contribution in [3.63, 3.8) is 0 Å². The van der Waals surface area contributed by atoms with E-state index in [2.05, 4.69) is 10.6 Å². The quantitative estimate of drug-likeness (QED) is 0.584. The lowest BCUT2D eigenvalue weighted by atomic mass is 9.98. The highest BCUT2D eigenvalue weighted by Crippen LogP contribution is 2.11. The molecule has 0 rings (SSSR count). The highest BCUT2D eigenvalue weighted by atomic mass is 16.4. The standard InChI is InChI=1S/C13H24N2O4/c1-4-9-14-10(16)5-6-11(17)15-13(2,3)8-7-12(18)19/h4-9H2,1-3H3,(H,14,16)(H,15,17)(H,18,19). The Morgan fingerprint density at radius 2 is 1.63 bits per heavy atom. The van der Waals surface area contributed by atoms with Gasteiger partial charge in [-0.2, -0.15) is 0 Å². The second-order valence-electron chi connectivity index (χ2n) is 5.18. The summed E-state index contributed by atoms with van der Waals surface area (Å²) in [6, 6.07) is 0. The summed E-state index contributed by atoms with van der Waals surface area (Å²) in [6.07, 6.45) is 1.49. The zero-order valence-corrected chi connectivity index (χ0v) is 11.9. The van der Waals surface area contributed by atoms with Crippen LogP contribution in [0.2, 0.25) is 0 Å². The maximum Gasteiger partial charge on any atom is 0.303 e. The molecule has 0 heterocycles.